The van der Waals surface area contributed by atoms with Gasteiger partial charge in [0.05, 0.1) is 12.2 Å². The monoisotopic (exact) mass is 427 g/mol. The molecule has 3 heterocycles. The zero-order chi connectivity index (χ0) is 21.5. The van der Waals surface area contributed by atoms with Crippen molar-refractivity contribution < 1.29 is 27.4 Å². The molecule has 2 saturated heterocycles. The average Bonchev–Trinajstić information content (AvgIpc) is 3.10. The molecule has 1 spiro atoms. The maximum absolute atomic E-state index is 12.5. The second-order valence-electron chi connectivity index (χ2n) is 7.87. The van der Waals surface area contributed by atoms with E-state index in [-0.39, 0.29) is 23.3 Å². The first-order valence-electron chi connectivity index (χ1n) is 9.76. The number of nitrogens with zero attached hydrogens (tertiary/aromatic N) is 4. The molecule has 0 aliphatic carbocycles. The quantitative estimate of drug-likeness (QED) is 0.816. The fourth-order valence-electron chi connectivity index (χ4n) is 4.14. The first kappa shape index (κ1) is 20.6. The molecule has 2 aliphatic rings. The van der Waals surface area contributed by atoms with E-state index >= 15 is 0 Å². The van der Waals surface area contributed by atoms with Crippen LogP contribution in [-0.4, -0.2) is 57.2 Å². The standard InChI is InChI=1S/C19H24F3N5O3/c1-25-16(24-26(25)2)23-17(28)27-8-6-18(7-9-27)11-14(12-29-18)13-4-3-5-15(10-13)30-19(20,21)22/h3-5,10,14H,6-9,11-12H2,1-2H3,(H,23,24,28). The van der Waals surface area contributed by atoms with Crippen molar-refractivity contribution in [2.75, 3.05) is 25.0 Å². The van der Waals surface area contributed by atoms with Crippen molar-refractivity contribution in [2.45, 2.75) is 37.1 Å². The maximum atomic E-state index is 12.5. The lowest BCUT2D eigenvalue weighted by molar-refractivity contribution is -0.274. The Morgan fingerprint density at radius 1 is 1.30 bits per heavy atom. The summed E-state index contributed by atoms with van der Waals surface area (Å²) in [7, 11) is 3.58. The minimum Gasteiger partial charge on any atom is -0.406 e. The molecule has 2 aromatic rings. The number of aromatic nitrogens is 3. The van der Waals surface area contributed by atoms with Crippen LogP contribution in [0.2, 0.25) is 0 Å². The molecular weight excluding hydrogens is 403 g/mol. The Morgan fingerprint density at radius 3 is 2.67 bits per heavy atom. The molecule has 164 valence electrons. The number of anilines is 1. The van der Waals surface area contributed by atoms with E-state index in [1.165, 1.54) is 12.1 Å². The van der Waals surface area contributed by atoms with Gasteiger partial charge in [-0.3, -0.25) is 5.32 Å². The van der Waals surface area contributed by atoms with Gasteiger partial charge in [-0.15, -0.1) is 18.3 Å². The van der Waals surface area contributed by atoms with Gasteiger partial charge in [0.2, 0.25) is 5.95 Å². The highest BCUT2D eigenvalue weighted by molar-refractivity contribution is 5.87. The van der Waals surface area contributed by atoms with Gasteiger partial charge >= 0.3 is 12.4 Å². The van der Waals surface area contributed by atoms with E-state index in [4.69, 9.17) is 4.74 Å². The Kier molecular flexibility index (Phi) is 5.16. The lowest BCUT2D eigenvalue weighted by atomic mass is 9.83. The number of ether oxygens (including phenoxy) is 2. The van der Waals surface area contributed by atoms with Crippen LogP contribution in [0.1, 0.15) is 30.7 Å². The maximum Gasteiger partial charge on any atom is 0.573 e. The zero-order valence-corrected chi connectivity index (χ0v) is 16.8. The number of amides is 2. The van der Waals surface area contributed by atoms with E-state index in [2.05, 4.69) is 15.2 Å². The van der Waals surface area contributed by atoms with Crippen LogP contribution >= 0.6 is 0 Å². The molecule has 0 bridgehead atoms. The molecule has 4 rings (SSSR count). The van der Waals surface area contributed by atoms with Crippen LogP contribution in [0.3, 0.4) is 0 Å². The summed E-state index contributed by atoms with van der Waals surface area (Å²) >= 11 is 0. The molecule has 1 aromatic heterocycles. The molecule has 8 nitrogen and oxygen atoms in total. The van der Waals surface area contributed by atoms with Crippen molar-refractivity contribution in [1.29, 1.82) is 0 Å². The zero-order valence-electron chi connectivity index (χ0n) is 16.8. The summed E-state index contributed by atoms with van der Waals surface area (Å²) in [6, 6.07) is 5.88. The third-order valence-corrected chi connectivity index (χ3v) is 5.93. The van der Waals surface area contributed by atoms with Crippen LogP contribution in [-0.2, 0) is 18.8 Å². The van der Waals surface area contributed by atoms with E-state index < -0.39 is 6.36 Å². The van der Waals surface area contributed by atoms with E-state index in [0.29, 0.717) is 44.9 Å². The third kappa shape index (κ3) is 4.25. The normalized spacial score (nSPS) is 21.2. The number of benzene rings is 1. The molecule has 0 radical (unpaired) electrons. The Balaban J connectivity index is 1.33. The minimum absolute atomic E-state index is 0.00400. The third-order valence-electron chi connectivity index (χ3n) is 5.93. The first-order valence-corrected chi connectivity index (χ1v) is 9.76. The summed E-state index contributed by atoms with van der Waals surface area (Å²) in [6.07, 6.45) is -2.65. The molecule has 1 atom stereocenters. The van der Waals surface area contributed by atoms with Crippen molar-refractivity contribution in [2.24, 2.45) is 14.1 Å². The molecule has 2 aliphatic heterocycles. The summed E-state index contributed by atoms with van der Waals surface area (Å²) in [6.45, 7) is 1.53. The molecule has 2 fully saturated rings. The van der Waals surface area contributed by atoms with Gasteiger partial charge in [-0.25, -0.2) is 14.3 Å². The number of nitrogens with one attached hydrogen (secondary N) is 1. The van der Waals surface area contributed by atoms with Gasteiger partial charge in [-0.1, -0.05) is 12.1 Å². The lowest BCUT2D eigenvalue weighted by Gasteiger charge is -2.38. The first-order chi connectivity index (χ1) is 14.1. The summed E-state index contributed by atoms with van der Waals surface area (Å²) < 4.78 is 49.3. The van der Waals surface area contributed by atoms with Crippen LogP contribution in [0, 0.1) is 0 Å². The SMILES string of the molecule is Cn1nc(NC(=O)N2CCC3(CC2)CC(c2cccc(OC(F)(F)F)c2)CO3)n1C. The van der Waals surface area contributed by atoms with Gasteiger partial charge in [-0.2, -0.15) is 0 Å². The predicted molar refractivity (Wildman–Crippen MR) is 101 cm³/mol. The van der Waals surface area contributed by atoms with E-state index in [9.17, 15) is 18.0 Å². The highest BCUT2D eigenvalue weighted by Gasteiger charge is 2.44. The van der Waals surface area contributed by atoms with Gasteiger partial charge < -0.3 is 14.4 Å². The summed E-state index contributed by atoms with van der Waals surface area (Å²) in [5.41, 5.74) is 0.414. The summed E-state index contributed by atoms with van der Waals surface area (Å²) in [5.74, 6) is 0.276. The number of carbonyl (C=O) groups excluding carboxylic acids is 1. The number of halogens is 3. The van der Waals surface area contributed by atoms with Gasteiger partial charge in [0, 0.05) is 33.1 Å². The van der Waals surface area contributed by atoms with Crippen LogP contribution in [0.25, 0.3) is 0 Å². The molecule has 1 unspecified atom stereocenters. The van der Waals surface area contributed by atoms with E-state index in [1.54, 1.807) is 40.6 Å². The van der Waals surface area contributed by atoms with Gasteiger partial charge in [0.25, 0.3) is 0 Å². The summed E-state index contributed by atoms with van der Waals surface area (Å²) in [4.78, 5) is 15.8. The minimum atomic E-state index is -4.71. The Morgan fingerprint density at radius 2 is 2.03 bits per heavy atom. The highest BCUT2D eigenvalue weighted by atomic mass is 19.4. The number of urea groups is 1. The van der Waals surface area contributed by atoms with Crippen molar-refractivity contribution in [3.63, 3.8) is 0 Å². The smallest absolute Gasteiger partial charge is 0.406 e. The van der Waals surface area contributed by atoms with E-state index in [0.717, 1.165) is 5.56 Å². The van der Waals surface area contributed by atoms with Crippen LogP contribution in [0.5, 0.6) is 5.75 Å². The molecule has 11 heteroatoms. The summed E-state index contributed by atoms with van der Waals surface area (Å²) in [5, 5.41) is 6.87. The van der Waals surface area contributed by atoms with Crippen molar-refractivity contribution in [3.05, 3.63) is 29.8 Å². The van der Waals surface area contributed by atoms with Crippen LogP contribution in [0.4, 0.5) is 23.9 Å². The highest BCUT2D eigenvalue weighted by Crippen LogP contribution is 2.43. The second-order valence-corrected chi connectivity index (χ2v) is 7.87. The van der Waals surface area contributed by atoms with Crippen molar-refractivity contribution in [3.8, 4) is 5.75 Å². The number of likely N-dealkylation sites (tertiary alicyclic amines) is 1. The fourth-order valence-corrected chi connectivity index (χ4v) is 4.14. The van der Waals surface area contributed by atoms with Crippen LogP contribution in [0.15, 0.2) is 24.3 Å². The number of alkyl halides is 3. The number of hydrogen-bond acceptors (Lipinski definition) is 4. The number of carbonyl (C=O) groups is 1. The lowest BCUT2D eigenvalue weighted by Crippen LogP contribution is -2.48. The van der Waals surface area contributed by atoms with Gasteiger partial charge in [0.1, 0.15) is 5.75 Å². The topological polar surface area (TPSA) is 73.6 Å². The number of piperidine rings is 1. The van der Waals surface area contributed by atoms with E-state index in [1.807, 2.05) is 0 Å². The number of aryl methyl sites for hydroxylation is 1. The molecular formula is C19H24F3N5O3. The largest absolute Gasteiger partial charge is 0.573 e. The Labute approximate surface area is 171 Å². The number of rotatable bonds is 3. The second kappa shape index (κ2) is 7.53. The number of hydrogen-bond donors (Lipinski definition) is 1. The predicted octanol–water partition coefficient (Wildman–Crippen LogP) is 3.23. The van der Waals surface area contributed by atoms with Crippen molar-refractivity contribution in [1.82, 2.24) is 19.5 Å². The molecule has 2 amide bonds. The molecule has 30 heavy (non-hydrogen) atoms. The molecule has 0 saturated carbocycles. The fraction of sp³-hybridized carbons (Fsp3) is 0.579. The van der Waals surface area contributed by atoms with Gasteiger partial charge in [-0.05, 0) is 37.0 Å². The van der Waals surface area contributed by atoms with Gasteiger partial charge in [0.15, 0.2) is 0 Å². The molecule has 1 N–H and O–H groups in total. The molecule has 1 aromatic carbocycles. The van der Waals surface area contributed by atoms with Crippen molar-refractivity contribution >= 4 is 12.0 Å². The Hall–Kier alpha value is -2.69. The average molecular weight is 427 g/mol. The Bertz CT molecular complexity index is 915. The van der Waals surface area contributed by atoms with Crippen LogP contribution < -0.4 is 10.1 Å².